The molecule has 0 aliphatic rings. The first-order chi connectivity index (χ1) is 13.9. The summed E-state index contributed by atoms with van der Waals surface area (Å²) < 4.78 is 19.1. The summed E-state index contributed by atoms with van der Waals surface area (Å²) in [5.41, 5.74) is 1.70. The van der Waals surface area contributed by atoms with E-state index in [0.717, 1.165) is 5.56 Å². The highest BCUT2D eigenvalue weighted by Gasteiger charge is 2.17. The molecule has 0 atom stereocenters. The number of methoxy groups -OCH3 is 1. The van der Waals surface area contributed by atoms with E-state index in [-0.39, 0.29) is 18.0 Å². The second-order valence-corrected chi connectivity index (χ2v) is 6.43. The van der Waals surface area contributed by atoms with Gasteiger partial charge in [0.2, 0.25) is 0 Å². The Morgan fingerprint density at radius 1 is 1.03 bits per heavy atom. The molecule has 0 unspecified atom stereocenters. The molecule has 0 radical (unpaired) electrons. The van der Waals surface area contributed by atoms with Gasteiger partial charge in [-0.2, -0.15) is 0 Å². The molecule has 1 N–H and O–H groups in total. The van der Waals surface area contributed by atoms with Crippen molar-refractivity contribution in [2.45, 2.75) is 13.3 Å². The number of pyridine rings is 1. The van der Waals surface area contributed by atoms with E-state index >= 15 is 0 Å². The Morgan fingerprint density at radius 2 is 1.69 bits per heavy atom. The molecule has 0 fully saturated rings. The maximum absolute atomic E-state index is 13.2. The second-order valence-electron chi connectivity index (χ2n) is 6.43. The van der Waals surface area contributed by atoms with E-state index in [1.165, 1.54) is 35.9 Å². The number of amides is 1. The van der Waals surface area contributed by atoms with E-state index in [4.69, 9.17) is 0 Å². The zero-order valence-corrected chi connectivity index (χ0v) is 15.9. The number of hydrogen-bond acceptors (Lipinski definition) is 4. The normalized spacial score (nSPS) is 10.4. The van der Waals surface area contributed by atoms with Crippen LogP contribution < -0.4 is 10.9 Å². The van der Waals surface area contributed by atoms with Gasteiger partial charge in [-0.3, -0.25) is 19.0 Å². The molecular formula is C22H19FN2O4. The summed E-state index contributed by atoms with van der Waals surface area (Å²) in [5.74, 6) is -1.32. The Kier molecular flexibility index (Phi) is 5.87. The van der Waals surface area contributed by atoms with Gasteiger partial charge in [-0.05, 0) is 60.5 Å². The predicted molar refractivity (Wildman–Crippen MR) is 107 cm³/mol. The van der Waals surface area contributed by atoms with Crippen molar-refractivity contribution in [1.29, 1.82) is 0 Å². The molecule has 0 saturated carbocycles. The third-order valence-electron chi connectivity index (χ3n) is 4.42. The Morgan fingerprint density at radius 3 is 2.31 bits per heavy atom. The zero-order chi connectivity index (χ0) is 21.0. The fourth-order valence-corrected chi connectivity index (χ4v) is 2.85. The predicted octanol–water partition coefficient (Wildman–Crippen LogP) is 3.25. The van der Waals surface area contributed by atoms with Crippen LogP contribution in [0.2, 0.25) is 0 Å². The molecule has 0 aliphatic carbocycles. The molecule has 7 heteroatoms. The molecule has 0 bridgehead atoms. The van der Waals surface area contributed by atoms with Crippen LogP contribution in [0.1, 0.15) is 21.5 Å². The Hall–Kier alpha value is -3.74. The van der Waals surface area contributed by atoms with Crippen molar-refractivity contribution in [3.8, 4) is 5.69 Å². The number of carbonyl (C=O) groups excluding carboxylic acids is 2. The van der Waals surface area contributed by atoms with Crippen LogP contribution in [0.3, 0.4) is 0 Å². The highest BCUT2D eigenvalue weighted by atomic mass is 19.1. The zero-order valence-electron chi connectivity index (χ0n) is 15.9. The lowest BCUT2D eigenvalue weighted by Crippen LogP contribution is -2.29. The summed E-state index contributed by atoms with van der Waals surface area (Å²) in [6.07, 6.45) is 1.67. The number of nitrogens with zero attached hydrogens (tertiary/aromatic N) is 1. The summed E-state index contributed by atoms with van der Waals surface area (Å²) in [4.78, 5) is 36.9. The van der Waals surface area contributed by atoms with Gasteiger partial charge < -0.3 is 10.1 Å². The fraction of sp³-hybridized carbons (Fsp3) is 0.136. The quantitative estimate of drug-likeness (QED) is 0.674. The number of benzene rings is 2. The molecule has 148 valence electrons. The SMILES string of the molecule is COC(=O)Cc1ccc(NC(=O)c2c(C)ccn(-c3ccc(F)cc3)c2=O)cc1. The van der Waals surface area contributed by atoms with Gasteiger partial charge >= 0.3 is 5.97 Å². The molecule has 6 nitrogen and oxygen atoms in total. The molecule has 3 aromatic rings. The van der Waals surface area contributed by atoms with Crippen molar-refractivity contribution < 1.29 is 18.7 Å². The van der Waals surface area contributed by atoms with Crippen molar-refractivity contribution in [1.82, 2.24) is 4.57 Å². The highest BCUT2D eigenvalue weighted by Crippen LogP contribution is 2.14. The van der Waals surface area contributed by atoms with Gasteiger partial charge in [0.15, 0.2) is 0 Å². The maximum atomic E-state index is 13.2. The number of anilines is 1. The first-order valence-corrected chi connectivity index (χ1v) is 8.84. The molecule has 0 aliphatic heterocycles. The number of nitrogens with one attached hydrogen (secondary N) is 1. The van der Waals surface area contributed by atoms with Crippen LogP contribution in [-0.2, 0) is 16.0 Å². The van der Waals surface area contributed by atoms with Crippen molar-refractivity contribution >= 4 is 17.6 Å². The first kappa shape index (κ1) is 20.0. The van der Waals surface area contributed by atoms with Crippen molar-refractivity contribution in [2.75, 3.05) is 12.4 Å². The summed E-state index contributed by atoms with van der Waals surface area (Å²) in [6, 6.07) is 13.8. The molecule has 1 aromatic heterocycles. The molecule has 1 amide bonds. The smallest absolute Gasteiger partial charge is 0.309 e. The van der Waals surface area contributed by atoms with E-state index in [1.807, 2.05) is 0 Å². The summed E-state index contributed by atoms with van der Waals surface area (Å²) >= 11 is 0. The van der Waals surface area contributed by atoms with Crippen molar-refractivity contribution in [3.05, 3.63) is 93.7 Å². The van der Waals surface area contributed by atoms with Gasteiger partial charge in [-0.25, -0.2) is 4.39 Å². The molecule has 2 aromatic carbocycles. The van der Waals surface area contributed by atoms with Crippen molar-refractivity contribution in [2.24, 2.45) is 0 Å². The number of carbonyl (C=O) groups is 2. The minimum absolute atomic E-state index is 0.00420. The van der Waals surface area contributed by atoms with Crippen LogP contribution in [0, 0.1) is 12.7 Å². The van der Waals surface area contributed by atoms with Crippen LogP contribution >= 0.6 is 0 Å². The number of hydrogen-bond donors (Lipinski definition) is 1. The fourth-order valence-electron chi connectivity index (χ4n) is 2.85. The molecular weight excluding hydrogens is 375 g/mol. The number of aromatic nitrogens is 1. The van der Waals surface area contributed by atoms with Crippen LogP contribution in [0.5, 0.6) is 0 Å². The molecule has 0 spiro atoms. The lowest BCUT2D eigenvalue weighted by atomic mass is 10.1. The van der Waals surface area contributed by atoms with E-state index in [2.05, 4.69) is 10.1 Å². The van der Waals surface area contributed by atoms with E-state index in [0.29, 0.717) is 16.9 Å². The monoisotopic (exact) mass is 394 g/mol. The summed E-state index contributed by atoms with van der Waals surface area (Å²) in [6.45, 7) is 1.67. The topological polar surface area (TPSA) is 77.4 Å². The number of aryl methyl sites for hydroxylation is 1. The average Bonchev–Trinajstić information content (AvgIpc) is 2.70. The van der Waals surface area contributed by atoms with Gasteiger partial charge in [0, 0.05) is 17.6 Å². The van der Waals surface area contributed by atoms with E-state index in [1.54, 1.807) is 43.5 Å². The molecule has 3 rings (SSSR count). The van der Waals surface area contributed by atoms with Crippen LogP contribution in [-0.4, -0.2) is 23.6 Å². The number of esters is 1. The first-order valence-electron chi connectivity index (χ1n) is 8.84. The van der Waals surface area contributed by atoms with E-state index < -0.39 is 17.3 Å². The van der Waals surface area contributed by atoms with Gasteiger partial charge in [-0.1, -0.05) is 12.1 Å². The van der Waals surface area contributed by atoms with Gasteiger partial charge in [-0.15, -0.1) is 0 Å². The van der Waals surface area contributed by atoms with Crippen LogP contribution in [0.4, 0.5) is 10.1 Å². The number of ether oxygens (including phenoxy) is 1. The standard InChI is InChI=1S/C22H19FN2O4/c1-14-11-12-25(18-9-5-16(23)6-10-18)22(28)20(14)21(27)24-17-7-3-15(4-8-17)13-19(26)29-2/h3-12H,13H2,1-2H3,(H,24,27). The minimum atomic E-state index is -0.551. The van der Waals surface area contributed by atoms with Gasteiger partial charge in [0.05, 0.1) is 13.5 Å². The average molecular weight is 394 g/mol. The molecule has 0 saturated heterocycles. The third-order valence-corrected chi connectivity index (χ3v) is 4.42. The summed E-state index contributed by atoms with van der Waals surface area (Å²) in [7, 11) is 1.32. The minimum Gasteiger partial charge on any atom is -0.469 e. The van der Waals surface area contributed by atoms with Gasteiger partial charge in [0.25, 0.3) is 11.5 Å². The van der Waals surface area contributed by atoms with Crippen LogP contribution in [0.15, 0.2) is 65.6 Å². The second kappa shape index (κ2) is 8.52. The largest absolute Gasteiger partial charge is 0.469 e. The lowest BCUT2D eigenvalue weighted by molar-refractivity contribution is -0.139. The van der Waals surface area contributed by atoms with Crippen molar-refractivity contribution in [3.63, 3.8) is 0 Å². The highest BCUT2D eigenvalue weighted by molar-refractivity contribution is 6.05. The van der Waals surface area contributed by atoms with Crippen LogP contribution in [0.25, 0.3) is 5.69 Å². The molecule has 1 heterocycles. The third kappa shape index (κ3) is 4.57. The summed E-state index contributed by atoms with van der Waals surface area (Å²) in [5, 5.41) is 2.69. The maximum Gasteiger partial charge on any atom is 0.309 e. The number of rotatable bonds is 5. The van der Waals surface area contributed by atoms with Gasteiger partial charge in [0.1, 0.15) is 11.4 Å². The Labute approximate surface area is 166 Å². The Bertz CT molecular complexity index is 1100. The number of halogens is 1. The van der Waals surface area contributed by atoms with E-state index in [9.17, 15) is 18.8 Å². The molecule has 29 heavy (non-hydrogen) atoms. The lowest BCUT2D eigenvalue weighted by Gasteiger charge is -2.11. The Balaban J connectivity index is 1.85.